The van der Waals surface area contributed by atoms with Crippen molar-refractivity contribution in [2.75, 3.05) is 13.1 Å². The van der Waals surface area contributed by atoms with Gasteiger partial charge in [-0.3, -0.25) is 7.05 Å². The highest BCUT2D eigenvalue weighted by Gasteiger charge is 2.31. The van der Waals surface area contributed by atoms with Crippen molar-refractivity contribution in [1.29, 1.82) is 0 Å². The predicted molar refractivity (Wildman–Crippen MR) is 56.5 cm³/mol. The molecule has 0 amide bonds. The molecular weight excluding hydrogens is 193 g/mol. The third-order valence-electron chi connectivity index (χ3n) is 3.06. The van der Waals surface area contributed by atoms with E-state index >= 15 is 0 Å². The number of benzene rings is 1. The summed E-state index contributed by atoms with van der Waals surface area (Å²) in [6, 6.07) is 6.11. The van der Waals surface area contributed by atoms with E-state index in [1.807, 2.05) is 4.90 Å². The van der Waals surface area contributed by atoms with E-state index in [9.17, 15) is 9.50 Å². The van der Waals surface area contributed by atoms with E-state index < -0.39 is 5.60 Å². The van der Waals surface area contributed by atoms with Crippen LogP contribution in [0.4, 0.5) is 4.39 Å². The minimum atomic E-state index is -0.804. The van der Waals surface area contributed by atoms with Crippen LogP contribution in [0.1, 0.15) is 18.4 Å². The van der Waals surface area contributed by atoms with Crippen molar-refractivity contribution in [2.45, 2.75) is 18.4 Å². The number of piperidine rings is 1. The summed E-state index contributed by atoms with van der Waals surface area (Å²) in [6.07, 6.45) is 1.31. The molecule has 0 aromatic heterocycles. The molecule has 1 heterocycles. The Balaban J connectivity index is 2.18. The SMILES string of the molecule is [CH2-]N1CCC(O)(c2ccc(F)cc2)CC1. The highest BCUT2D eigenvalue weighted by atomic mass is 19.1. The van der Waals surface area contributed by atoms with Crippen LogP contribution in [0.15, 0.2) is 24.3 Å². The molecule has 1 saturated heterocycles. The van der Waals surface area contributed by atoms with Crippen molar-refractivity contribution in [1.82, 2.24) is 4.90 Å². The molecule has 15 heavy (non-hydrogen) atoms. The second-order valence-corrected chi connectivity index (χ2v) is 4.16. The highest BCUT2D eigenvalue weighted by molar-refractivity contribution is 5.23. The van der Waals surface area contributed by atoms with Crippen molar-refractivity contribution < 1.29 is 9.50 Å². The van der Waals surface area contributed by atoms with Gasteiger partial charge in [0.25, 0.3) is 0 Å². The van der Waals surface area contributed by atoms with Gasteiger partial charge in [-0.2, -0.15) is 0 Å². The topological polar surface area (TPSA) is 23.5 Å². The first-order valence-electron chi connectivity index (χ1n) is 5.14. The molecule has 2 nitrogen and oxygen atoms in total. The van der Waals surface area contributed by atoms with Crippen LogP contribution in [0.3, 0.4) is 0 Å². The molecule has 0 aliphatic carbocycles. The Morgan fingerprint density at radius 2 is 1.73 bits per heavy atom. The molecule has 3 heteroatoms. The zero-order valence-electron chi connectivity index (χ0n) is 8.62. The molecule has 1 aliphatic heterocycles. The molecule has 0 bridgehead atoms. The van der Waals surface area contributed by atoms with Gasteiger partial charge in [-0.05, 0) is 43.6 Å². The number of hydrogen-bond acceptors (Lipinski definition) is 2. The van der Waals surface area contributed by atoms with E-state index in [-0.39, 0.29) is 5.82 Å². The van der Waals surface area contributed by atoms with E-state index in [1.165, 1.54) is 12.1 Å². The van der Waals surface area contributed by atoms with Gasteiger partial charge >= 0.3 is 0 Å². The normalized spacial score (nSPS) is 21.5. The molecule has 1 fully saturated rings. The second-order valence-electron chi connectivity index (χ2n) is 4.16. The van der Waals surface area contributed by atoms with Crippen LogP contribution in [-0.2, 0) is 5.60 Å². The number of rotatable bonds is 1. The number of nitrogens with zero attached hydrogens (tertiary/aromatic N) is 1. The van der Waals surface area contributed by atoms with Gasteiger partial charge < -0.3 is 10.0 Å². The zero-order valence-corrected chi connectivity index (χ0v) is 8.62. The number of likely N-dealkylation sites (tertiary alicyclic amines) is 1. The Labute approximate surface area is 89.3 Å². The summed E-state index contributed by atoms with van der Waals surface area (Å²) < 4.78 is 12.7. The van der Waals surface area contributed by atoms with Crippen LogP contribution in [0.5, 0.6) is 0 Å². The Kier molecular flexibility index (Phi) is 2.76. The average Bonchev–Trinajstić information content (AvgIpc) is 2.24. The summed E-state index contributed by atoms with van der Waals surface area (Å²) >= 11 is 0. The van der Waals surface area contributed by atoms with Crippen molar-refractivity contribution >= 4 is 0 Å². The zero-order chi connectivity index (χ0) is 10.9. The fraction of sp³-hybridized carbons (Fsp3) is 0.417. The summed E-state index contributed by atoms with van der Waals surface area (Å²) in [5, 5.41) is 10.4. The van der Waals surface area contributed by atoms with Crippen LogP contribution < -0.4 is 0 Å². The smallest absolute Gasteiger partial charge is 0.123 e. The van der Waals surface area contributed by atoms with E-state index in [0.29, 0.717) is 12.8 Å². The van der Waals surface area contributed by atoms with Gasteiger partial charge in [-0.1, -0.05) is 12.1 Å². The lowest BCUT2D eigenvalue weighted by Gasteiger charge is -2.40. The summed E-state index contributed by atoms with van der Waals surface area (Å²) in [7, 11) is 3.83. The third-order valence-corrected chi connectivity index (χ3v) is 3.06. The van der Waals surface area contributed by atoms with Gasteiger partial charge in [0, 0.05) is 0 Å². The fourth-order valence-electron chi connectivity index (χ4n) is 1.97. The van der Waals surface area contributed by atoms with Gasteiger partial charge in [0.2, 0.25) is 0 Å². The minimum absolute atomic E-state index is 0.267. The van der Waals surface area contributed by atoms with Crippen LogP contribution in [-0.4, -0.2) is 23.1 Å². The quantitative estimate of drug-likeness (QED) is 0.712. The lowest BCUT2D eigenvalue weighted by Crippen LogP contribution is -2.39. The summed E-state index contributed by atoms with van der Waals surface area (Å²) in [5.41, 5.74) is -0.000903. The molecule has 0 atom stereocenters. The molecule has 1 aromatic rings. The van der Waals surface area contributed by atoms with E-state index in [2.05, 4.69) is 7.05 Å². The first-order valence-corrected chi connectivity index (χ1v) is 5.14. The molecule has 0 unspecified atom stereocenters. The van der Waals surface area contributed by atoms with Gasteiger partial charge in [0.05, 0.1) is 5.60 Å². The summed E-state index contributed by atoms with van der Waals surface area (Å²) in [5.74, 6) is -0.267. The van der Waals surface area contributed by atoms with Crippen molar-refractivity contribution in [3.8, 4) is 0 Å². The van der Waals surface area contributed by atoms with Crippen LogP contribution in [0, 0.1) is 12.9 Å². The van der Waals surface area contributed by atoms with E-state index in [0.717, 1.165) is 18.7 Å². The Morgan fingerprint density at radius 1 is 1.20 bits per heavy atom. The molecule has 82 valence electrons. The van der Waals surface area contributed by atoms with Crippen LogP contribution in [0.2, 0.25) is 0 Å². The molecule has 1 N–H and O–H groups in total. The van der Waals surface area contributed by atoms with Crippen molar-refractivity contribution in [3.63, 3.8) is 0 Å². The van der Waals surface area contributed by atoms with Gasteiger partial charge in [-0.15, -0.1) is 0 Å². The van der Waals surface area contributed by atoms with Crippen LogP contribution >= 0.6 is 0 Å². The number of hydrogen-bond donors (Lipinski definition) is 1. The first-order chi connectivity index (χ1) is 7.10. The average molecular weight is 208 g/mol. The van der Waals surface area contributed by atoms with Crippen molar-refractivity contribution in [3.05, 3.63) is 42.7 Å². The third kappa shape index (κ3) is 2.19. The number of aliphatic hydroxyl groups is 1. The number of halogens is 1. The van der Waals surface area contributed by atoms with Gasteiger partial charge in [0.1, 0.15) is 5.82 Å². The maximum atomic E-state index is 12.7. The van der Waals surface area contributed by atoms with Crippen molar-refractivity contribution in [2.24, 2.45) is 0 Å². The maximum Gasteiger partial charge on any atom is 0.123 e. The van der Waals surface area contributed by atoms with Crippen LogP contribution in [0.25, 0.3) is 0 Å². The molecule has 0 saturated carbocycles. The van der Waals surface area contributed by atoms with Gasteiger partial charge in [-0.25, -0.2) is 4.39 Å². The largest absolute Gasteiger partial charge is 0.459 e. The Morgan fingerprint density at radius 3 is 2.27 bits per heavy atom. The minimum Gasteiger partial charge on any atom is -0.459 e. The van der Waals surface area contributed by atoms with Gasteiger partial charge in [0.15, 0.2) is 0 Å². The molecule has 0 radical (unpaired) electrons. The van der Waals surface area contributed by atoms with E-state index in [4.69, 9.17) is 0 Å². The Bertz CT molecular complexity index is 328. The second kappa shape index (κ2) is 3.91. The van der Waals surface area contributed by atoms with E-state index in [1.54, 1.807) is 12.1 Å². The standard InChI is InChI=1S/C12H15FNO/c1-14-8-6-12(15,7-9-14)10-2-4-11(13)5-3-10/h2-5,15H,1,6-9H2/q-1. The Hall–Kier alpha value is -0.930. The monoisotopic (exact) mass is 208 g/mol. The summed E-state index contributed by atoms with van der Waals surface area (Å²) in [4.78, 5) is 1.94. The molecular formula is C12H15FNO-. The lowest BCUT2D eigenvalue weighted by molar-refractivity contribution is -0.0168. The predicted octanol–water partition coefficient (Wildman–Crippen LogP) is 1.90. The first kappa shape index (κ1) is 10.6. The fourth-order valence-corrected chi connectivity index (χ4v) is 1.97. The molecule has 1 aromatic carbocycles. The molecule has 2 rings (SSSR count). The highest BCUT2D eigenvalue weighted by Crippen LogP contribution is 2.32. The maximum absolute atomic E-state index is 12.7. The summed E-state index contributed by atoms with van der Waals surface area (Å²) in [6.45, 7) is 1.54. The lowest BCUT2D eigenvalue weighted by atomic mass is 9.85. The molecule has 1 aliphatic rings. The molecule has 0 spiro atoms.